The average molecular weight is 508 g/mol. The predicted octanol–water partition coefficient (Wildman–Crippen LogP) is 8.52. The Morgan fingerprint density at radius 2 is 1.78 bits per heavy atom. The average Bonchev–Trinajstić information content (AvgIpc) is 3.12. The number of pyridine rings is 1. The van der Waals surface area contributed by atoms with E-state index in [1.807, 2.05) is 11.3 Å². The van der Waals surface area contributed by atoms with E-state index >= 15 is 0 Å². The van der Waals surface area contributed by atoms with E-state index in [4.69, 9.17) is 9.41 Å². The molecule has 1 spiro atoms. The number of rotatable bonds is 3. The Labute approximate surface area is 222 Å². The number of thiophene rings is 1. The summed E-state index contributed by atoms with van der Waals surface area (Å²) < 4.78 is 10.7. The first-order valence-corrected chi connectivity index (χ1v) is 14.4. The van der Waals surface area contributed by atoms with Gasteiger partial charge in [-0.15, -0.1) is 11.3 Å². The van der Waals surface area contributed by atoms with Crippen molar-refractivity contribution in [1.82, 2.24) is 0 Å². The number of aryl methyl sites for hydroxylation is 2. The topological polar surface area (TPSA) is 29.4 Å². The van der Waals surface area contributed by atoms with E-state index in [0.717, 1.165) is 24.0 Å². The summed E-state index contributed by atoms with van der Waals surface area (Å²) in [6.45, 7) is 15.9. The molecule has 0 bridgehead atoms. The van der Waals surface area contributed by atoms with Crippen LogP contribution in [-0.4, -0.2) is 12.3 Å². The van der Waals surface area contributed by atoms with Gasteiger partial charge >= 0.3 is 0 Å². The lowest BCUT2D eigenvalue weighted by atomic mass is 9.88. The highest BCUT2D eigenvalue weighted by atomic mass is 32.1. The van der Waals surface area contributed by atoms with Crippen LogP contribution in [0.3, 0.4) is 0 Å². The molecule has 3 aromatic heterocycles. The fourth-order valence-corrected chi connectivity index (χ4v) is 8.09. The number of aliphatic imine (C=N–C) groups is 1. The highest BCUT2D eigenvalue weighted by molar-refractivity contribution is 7.20. The van der Waals surface area contributed by atoms with E-state index in [2.05, 4.69) is 102 Å². The molecule has 0 amide bonds. The zero-order valence-electron chi connectivity index (χ0n) is 22.9. The van der Waals surface area contributed by atoms with E-state index in [1.54, 1.807) is 0 Å². The van der Waals surface area contributed by atoms with Gasteiger partial charge in [-0.2, -0.15) is 4.57 Å². The molecule has 0 N–H and O–H groups in total. The van der Waals surface area contributed by atoms with Crippen molar-refractivity contribution in [2.75, 3.05) is 0 Å². The molecule has 2 aromatic carbocycles. The van der Waals surface area contributed by atoms with Gasteiger partial charge in [-0.1, -0.05) is 46.8 Å². The van der Waals surface area contributed by atoms with Crippen LogP contribution in [0.15, 0.2) is 52.0 Å². The maximum Gasteiger partial charge on any atom is 0.222 e. The molecule has 3 unspecified atom stereocenters. The van der Waals surface area contributed by atoms with Crippen molar-refractivity contribution < 1.29 is 8.98 Å². The molecule has 2 aliphatic rings. The Hall–Kier alpha value is -2.98. The largest absolute Gasteiger partial charge is 0.454 e. The summed E-state index contributed by atoms with van der Waals surface area (Å²) in [5.41, 5.74) is 8.81. The number of hydrogen-bond donors (Lipinski definition) is 0. The lowest BCUT2D eigenvalue weighted by molar-refractivity contribution is -0.717. The van der Waals surface area contributed by atoms with Crippen LogP contribution in [0.4, 0.5) is 0 Å². The van der Waals surface area contributed by atoms with Crippen LogP contribution in [0.1, 0.15) is 62.6 Å². The van der Waals surface area contributed by atoms with Crippen molar-refractivity contribution >= 4 is 49.6 Å². The normalized spacial score (nSPS) is 22.7. The molecule has 1 aliphatic carbocycles. The number of fused-ring (bicyclic) bond motifs is 11. The third-order valence-corrected chi connectivity index (χ3v) is 9.97. The Balaban J connectivity index is 1.55. The van der Waals surface area contributed by atoms with Crippen molar-refractivity contribution in [2.45, 2.75) is 72.9 Å². The third-order valence-electron chi connectivity index (χ3n) is 8.75. The van der Waals surface area contributed by atoms with Gasteiger partial charge in [-0.3, -0.25) is 4.99 Å². The third kappa shape index (κ3) is 2.99. The molecule has 1 saturated carbocycles. The summed E-state index contributed by atoms with van der Waals surface area (Å²) in [6, 6.07) is 14.2. The van der Waals surface area contributed by atoms with Crippen molar-refractivity contribution in [1.29, 1.82) is 0 Å². The summed E-state index contributed by atoms with van der Waals surface area (Å²) in [5.74, 6) is 0.435. The van der Waals surface area contributed by atoms with E-state index in [1.165, 1.54) is 53.7 Å². The van der Waals surface area contributed by atoms with Crippen molar-refractivity contribution in [3.63, 3.8) is 0 Å². The first-order chi connectivity index (χ1) is 17.7. The Bertz CT molecular complexity index is 1780. The molecular formula is C33H35N2OS+. The molecule has 7 rings (SSSR count). The lowest BCUT2D eigenvalue weighted by Gasteiger charge is -2.18. The van der Waals surface area contributed by atoms with Crippen LogP contribution in [-0.2, 0) is 12.0 Å². The fourth-order valence-electron chi connectivity index (χ4n) is 6.94. The van der Waals surface area contributed by atoms with Gasteiger partial charge in [0.1, 0.15) is 11.6 Å². The SMILES string of the molecule is CCC=NC1C(C)C12c1ccc3c(oc4c3ccc3c(C)c(C)sc34)c1-c1cc(CC(C)(C)C)cc[n+]12. The summed E-state index contributed by atoms with van der Waals surface area (Å²) in [6.07, 6.45) is 6.43. The Kier molecular flexibility index (Phi) is 4.72. The second-order valence-corrected chi connectivity index (χ2v) is 13.6. The molecule has 5 aromatic rings. The van der Waals surface area contributed by atoms with Gasteiger partial charge in [0.15, 0.2) is 11.8 Å². The Morgan fingerprint density at radius 1 is 1.05 bits per heavy atom. The summed E-state index contributed by atoms with van der Waals surface area (Å²) in [5, 5.41) is 3.74. The zero-order valence-corrected chi connectivity index (χ0v) is 23.7. The van der Waals surface area contributed by atoms with Crippen LogP contribution in [0, 0.1) is 25.2 Å². The van der Waals surface area contributed by atoms with E-state index < -0.39 is 0 Å². The maximum absolute atomic E-state index is 6.91. The molecule has 1 fully saturated rings. The highest BCUT2D eigenvalue weighted by Crippen LogP contribution is 2.60. The minimum Gasteiger partial charge on any atom is -0.454 e. The molecule has 37 heavy (non-hydrogen) atoms. The van der Waals surface area contributed by atoms with Gasteiger partial charge in [-0.25, -0.2) is 0 Å². The summed E-state index contributed by atoms with van der Waals surface area (Å²) in [4.78, 5) is 6.42. The molecule has 0 saturated heterocycles. The number of benzene rings is 2. The van der Waals surface area contributed by atoms with Crippen molar-refractivity contribution in [2.24, 2.45) is 16.3 Å². The van der Waals surface area contributed by atoms with Crippen LogP contribution in [0.5, 0.6) is 0 Å². The van der Waals surface area contributed by atoms with Crippen LogP contribution in [0.25, 0.3) is 43.3 Å². The molecule has 188 valence electrons. The van der Waals surface area contributed by atoms with Gasteiger partial charge in [0.2, 0.25) is 11.2 Å². The first kappa shape index (κ1) is 23.2. The van der Waals surface area contributed by atoms with Gasteiger partial charge < -0.3 is 4.42 Å². The fraction of sp³-hybridized carbons (Fsp3) is 0.394. The molecule has 1 aliphatic heterocycles. The quantitative estimate of drug-likeness (QED) is 0.178. The van der Waals surface area contributed by atoms with Gasteiger partial charge in [0.05, 0.1) is 16.2 Å². The molecule has 4 heteroatoms. The minimum absolute atomic E-state index is 0.130. The number of hydrogen-bond acceptors (Lipinski definition) is 3. The summed E-state index contributed by atoms with van der Waals surface area (Å²) in [7, 11) is 0. The lowest BCUT2D eigenvalue weighted by Crippen LogP contribution is -2.47. The van der Waals surface area contributed by atoms with Crippen molar-refractivity contribution in [3.05, 3.63) is 64.2 Å². The minimum atomic E-state index is -0.130. The summed E-state index contributed by atoms with van der Waals surface area (Å²) >= 11 is 1.86. The van der Waals surface area contributed by atoms with Gasteiger partial charge in [0, 0.05) is 33.3 Å². The van der Waals surface area contributed by atoms with E-state index in [0.29, 0.717) is 5.92 Å². The van der Waals surface area contributed by atoms with Gasteiger partial charge in [-0.05, 0) is 67.0 Å². The number of aromatic nitrogens is 1. The second kappa shape index (κ2) is 7.54. The first-order valence-electron chi connectivity index (χ1n) is 13.6. The van der Waals surface area contributed by atoms with Crippen LogP contribution < -0.4 is 4.57 Å². The zero-order chi connectivity index (χ0) is 25.9. The highest BCUT2D eigenvalue weighted by Gasteiger charge is 2.76. The number of furan rings is 1. The Morgan fingerprint density at radius 3 is 2.54 bits per heavy atom. The smallest absolute Gasteiger partial charge is 0.222 e. The van der Waals surface area contributed by atoms with Crippen LogP contribution in [0.2, 0.25) is 0 Å². The second-order valence-electron chi connectivity index (χ2n) is 12.4. The standard InChI is InChI=1S/C33H35N2OS/c1-8-14-34-31-19(3)33(31)25-12-11-23-24-10-9-22-18(2)20(4)37-30(22)29(24)36-28(23)27(25)26-16-21(13-15-35(26)33)17-32(5,6)7/h9-16,19,31H,8,17H2,1-7H3/q+1. The monoisotopic (exact) mass is 507 g/mol. The molecule has 3 atom stereocenters. The van der Waals surface area contributed by atoms with E-state index in [-0.39, 0.29) is 17.0 Å². The molecule has 4 heterocycles. The number of nitrogens with zero attached hydrogens (tertiary/aromatic N) is 2. The maximum atomic E-state index is 6.91. The van der Waals surface area contributed by atoms with Crippen LogP contribution >= 0.6 is 11.3 Å². The van der Waals surface area contributed by atoms with Crippen molar-refractivity contribution in [3.8, 4) is 11.3 Å². The molecular weight excluding hydrogens is 472 g/mol. The van der Waals surface area contributed by atoms with Gasteiger partial charge in [0.25, 0.3) is 0 Å². The predicted molar refractivity (Wildman–Crippen MR) is 156 cm³/mol. The molecule has 0 radical (unpaired) electrons. The molecule has 3 nitrogen and oxygen atoms in total. The van der Waals surface area contributed by atoms with E-state index in [9.17, 15) is 0 Å².